The highest BCUT2D eigenvalue weighted by atomic mass is 32.2. The van der Waals surface area contributed by atoms with E-state index in [4.69, 9.17) is 23.1 Å². The molecule has 37 heavy (non-hydrogen) atoms. The van der Waals surface area contributed by atoms with E-state index in [1.54, 1.807) is 72.8 Å². The summed E-state index contributed by atoms with van der Waals surface area (Å²) in [5.41, 5.74) is 1.32. The molecule has 1 fully saturated rings. The third kappa shape index (κ3) is 6.41. The fourth-order valence-electron chi connectivity index (χ4n) is 3.74. The number of methoxy groups -OCH3 is 1. The molecule has 0 spiro atoms. The van der Waals surface area contributed by atoms with E-state index in [0.29, 0.717) is 0 Å². The van der Waals surface area contributed by atoms with Gasteiger partial charge in [-0.15, -0.1) is 0 Å². The van der Waals surface area contributed by atoms with Crippen LogP contribution in [0.1, 0.15) is 26.3 Å². The Labute approximate surface area is 215 Å². The molecule has 3 aromatic rings. The van der Waals surface area contributed by atoms with E-state index >= 15 is 0 Å². The Morgan fingerprint density at radius 1 is 0.784 bits per heavy atom. The minimum Gasteiger partial charge on any atom is -0.453 e. The zero-order valence-electron chi connectivity index (χ0n) is 20.2. The molecule has 0 unspecified atom stereocenters. The molecule has 1 aliphatic heterocycles. The maximum absolute atomic E-state index is 13.2. The molecule has 0 bridgehead atoms. The first-order valence-corrected chi connectivity index (χ1v) is 12.9. The lowest BCUT2D eigenvalue weighted by atomic mass is 10.0. The first-order valence-electron chi connectivity index (χ1n) is 11.4. The van der Waals surface area contributed by atoms with Crippen LogP contribution in [0.5, 0.6) is 0 Å². The average Bonchev–Trinajstić information content (AvgIpc) is 2.91. The maximum Gasteiger partial charge on any atom is 0.338 e. The molecule has 1 heterocycles. The molecule has 4 atom stereocenters. The second-order valence-corrected chi connectivity index (χ2v) is 9.88. The monoisotopic (exact) mass is 526 g/mol. The molecular formula is C27H26O9S. The van der Waals surface area contributed by atoms with Crippen molar-refractivity contribution in [2.75, 3.05) is 13.7 Å². The van der Waals surface area contributed by atoms with Crippen molar-refractivity contribution in [2.24, 2.45) is 0 Å². The van der Waals surface area contributed by atoms with E-state index in [1.807, 2.05) is 6.92 Å². The summed E-state index contributed by atoms with van der Waals surface area (Å²) in [6.07, 6.45) is -5.28. The van der Waals surface area contributed by atoms with Crippen LogP contribution in [-0.4, -0.2) is 58.7 Å². The van der Waals surface area contributed by atoms with Crippen LogP contribution in [0, 0.1) is 6.92 Å². The zero-order valence-corrected chi connectivity index (χ0v) is 21.0. The zero-order chi connectivity index (χ0) is 26.4. The molecule has 1 saturated heterocycles. The second kappa shape index (κ2) is 11.7. The van der Waals surface area contributed by atoms with Crippen LogP contribution in [0.25, 0.3) is 0 Å². The summed E-state index contributed by atoms with van der Waals surface area (Å²) < 4.78 is 54.3. The molecule has 1 aliphatic rings. The fourth-order valence-corrected chi connectivity index (χ4v) is 4.85. The fraction of sp³-hybridized carbons (Fsp3) is 0.259. The van der Waals surface area contributed by atoms with Gasteiger partial charge in [-0.2, -0.15) is 8.42 Å². The van der Waals surface area contributed by atoms with Crippen molar-refractivity contribution in [1.29, 1.82) is 0 Å². The normalized spacial score (nSPS) is 21.7. The summed E-state index contributed by atoms with van der Waals surface area (Å²) in [6.45, 7) is 1.56. The van der Waals surface area contributed by atoms with Crippen LogP contribution in [0.3, 0.4) is 0 Å². The number of carbonyl (C=O) groups is 2. The molecule has 0 aliphatic carbocycles. The van der Waals surface area contributed by atoms with Crippen LogP contribution >= 0.6 is 0 Å². The summed E-state index contributed by atoms with van der Waals surface area (Å²) in [6, 6.07) is 22.3. The highest BCUT2D eigenvalue weighted by Crippen LogP contribution is 2.29. The van der Waals surface area contributed by atoms with Crippen molar-refractivity contribution in [3.63, 3.8) is 0 Å². The van der Waals surface area contributed by atoms with Gasteiger partial charge in [-0.1, -0.05) is 54.1 Å². The van der Waals surface area contributed by atoms with Gasteiger partial charge in [-0.05, 0) is 43.3 Å². The highest BCUT2D eigenvalue weighted by Gasteiger charge is 2.49. The molecular weight excluding hydrogens is 500 g/mol. The van der Waals surface area contributed by atoms with Crippen molar-refractivity contribution in [2.45, 2.75) is 36.4 Å². The van der Waals surface area contributed by atoms with Gasteiger partial charge in [0.2, 0.25) is 0 Å². The Bertz CT molecular complexity index is 1310. The van der Waals surface area contributed by atoms with Gasteiger partial charge in [0.15, 0.2) is 24.6 Å². The Morgan fingerprint density at radius 2 is 1.32 bits per heavy atom. The van der Waals surface area contributed by atoms with Crippen molar-refractivity contribution >= 4 is 22.1 Å². The third-order valence-electron chi connectivity index (χ3n) is 5.68. The lowest BCUT2D eigenvalue weighted by Crippen LogP contribution is -2.58. The van der Waals surface area contributed by atoms with E-state index in [9.17, 15) is 18.0 Å². The van der Waals surface area contributed by atoms with Gasteiger partial charge < -0.3 is 18.9 Å². The standard InChI is InChI=1S/C27H26O9S/c1-18-13-15-21(16-14-18)37(30,31)36-23-22(34-25(28)19-9-5-3-6-10-19)17-33-27(32-2)24(23)35-26(29)20-11-7-4-8-12-20/h3-16,22-24,27H,17H2,1-2H3/t22-,23-,24-,27+/m1/s1. The van der Waals surface area contributed by atoms with Gasteiger partial charge in [-0.25, -0.2) is 9.59 Å². The molecule has 0 N–H and O–H groups in total. The number of hydrogen-bond donors (Lipinski definition) is 0. The molecule has 4 rings (SSSR count). The summed E-state index contributed by atoms with van der Waals surface area (Å²) in [5, 5.41) is 0. The van der Waals surface area contributed by atoms with Crippen LogP contribution in [-0.2, 0) is 33.2 Å². The maximum atomic E-state index is 13.2. The third-order valence-corrected chi connectivity index (χ3v) is 7.01. The Kier molecular flexibility index (Phi) is 8.34. The predicted octanol–water partition coefficient (Wildman–Crippen LogP) is 3.52. The molecule has 194 valence electrons. The lowest BCUT2D eigenvalue weighted by molar-refractivity contribution is -0.255. The molecule has 0 amide bonds. The first-order chi connectivity index (χ1) is 17.8. The number of hydrogen-bond acceptors (Lipinski definition) is 9. The molecule has 0 saturated carbocycles. The van der Waals surface area contributed by atoms with E-state index < -0.39 is 46.7 Å². The molecule has 10 heteroatoms. The quantitative estimate of drug-likeness (QED) is 0.321. The Morgan fingerprint density at radius 3 is 1.86 bits per heavy atom. The molecule has 0 aromatic heterocycles. The average molecular weight is 527 g/mol. The second-order valence-electron chi connectivity index (χ2n) is 8.31. The lowest BCUT2D eigenvalue weighted by Gasteiger charge is -2.39. The molecule has 9 nitrogen and oxygen atoms in total. The van der Waals surface area contributed by atoms with Crippen LogP contribution in [0.4, 0.5) is 0 Å². The molecule has 0 radical (unpaired) electrons. The number of rotatable bonds is 8. The van der Waals surface area contributed by atoms with Crippen molar-refractivity contribution < 1.29 is 41.1 Å². The Balaban J connectivity index is 1.67. The largest absolute Gasteiger partial charge is 0.453 e. The van der Waals surface area contributed by atoms with Crippen LogP contribution in [0.15, 0.2) is 89.8 Å². The van der Waals surface area contributed by atoms with Crippen LogP contribution in [0.2, 0.25) is 0 Å². The number of carbonyl (C=O) groups excluding carboxylic acids is 2. The number of esters is 2. The van der Waals surface area contributed by atoms with E-state index in [0.717, 1.165) is 5.56 Å². The minimum absolute atomic E-state index is 0.111. The van der Waals surface area contributed by atoms with Crippen molar-refractivity contribution in [3.05, 3.63) is 102 Å². The summed E-state index contributed by atoms with van der Waals surface area (Å²) in [4.78, 5) is 25.6. The van der Waals surface area contributed by atoms with E-state index in [1.165, 1.54) is 19.2 Å². The van der Waals surface area contributed by atoms with Crippen molar-refractivity contribution in [1.82, 2.24) is 0 Å². The van der Waals surface area contributed by atoms with Gasteiger partial charge in [-0.3, -0.25) is 4.18 Å². The summed E-state index contributed by atoms with van der Waals surface area (Å²) in [5.74, 6) is -1.48. The number of aryl methyl sites for hydroxylation is 1. The van der Waals surface area contributed by atoms with Gasteiger partial charge in [0.05, 0.1) is 22.6 Å². The minimum atomic E-state index is -4.37. The first kappa shape index (κ1) is 26.5. The van der Waals surface area contributed by atoms with E-state index in [-0.39, 0.29) is 22.6 Å². The van der Waals surface area contributed by atoms with Gasteiger partial charge in [0.1, 0.15) is 0 Å². The van der Waals surface area contributed by atoms with Gasteiger partial charge in [0, 0.05) is 7.11 Å². The summed E-state index contributed by atoms with van der Waals surface area (Å²) in [7, 11) is -3.05. The van der Waals surface area contributed by atoms with Gasteiger partial charge in [0.25, 0.3) is 10.1 Å². The number of ether oxygens (including phenoxy) is 4. The smallest absolute Gasteiger partial charge is 0.338 e. The van der Waals surface area contributed by atoms with E-state index in [2.05, 4.69) is 0 Å². The Hall–Kier alpha value is -3.57. The topological polar surface area (TPSA) is 114 Å². The number of benzene rings is 3. The van der Waals surface area contributed by atoms with Crippen molar-refractivity contribution in [3.8, 4) is 0 Å². The predicted molar refractivity (Wildman–Crippen MR) is 131 cm³/mol. The summed E-state index contributed by atoms with van der Waals surface area (Å²) >= 11 is 0. The van der Waals surface area contributed by atoms with Gasteiger partial charge >= 0.3 is 11.9 Å². The molecule has 3 aromatic carbocycles. The SMILES string of the molecule is CO[C@H]1OC[C@@H](OC(=O)c2ccccc2)[C@@H](OS(=O)(=O)c2ccc(C)cc2)[C@H]1OC(=O)c1ccccc1. The van der Waals surface area contributed by atoms with Crippen LogP contribution < -0.4 is 0 Å². The highest BCUT2D eigenvalue weighted by molar-refractivity contribution is 7.86.